The number of aryl methyl sites for hydroxylation is 1. The fourth-order valence-electron chi connectivity index (χ4n) is 0.696. The molecule has 0 fully saturated rings. The molecule has 5 N–H and O–H groups in total. The first kappa shape index (κ1) is 13.2. The molecule has 0 amide bonds. The molecular weight excluding hydrogens is 160 g/mol. The third-order valence-electron chi connectivity index (χ3n) is 1.30. The first-order valence-electron chi connectivity index (χ1n) is 3.00. The molecule has 0 atom stereocenters. The van der Waals surface area contributed by atoms with E-state index in [2.05, 4.69) is 0 Å². The molecular formula is C8H12O4. The summed E-state index contributed by atoms with van der Waals surface area (Å²) in [6, 6.07) is 6.75. The van der Waals surface area contributed by atoms with Gasteiger partial charge in [-0.15, -0.1) is 0 Å². The van der Waals surface area contributed by atoms with Crippen LogP contribution < -0.4 is 0 Å². The average Bonchev–Trinajstić information content (AvgIpc) is 1.88. The number of rotatable bonds is 1. The van der Waals surface area contributed by atoms with E-state index in [9.17, 15) is 4.79 Å². The van der Waals surface area contributed by atoms with Gasteiger partial charge in [-0.1, -0.05) is 17.7 Å². The van der Waals surface area contributed by atoms with Gasteiger partial charge in [0.2, 0.25) is 0 Å². The lowest BCUT2D eigenvalue weighted by Gasteiger charge is -1.92. The summed E-state index contributed by atoms with van der Waals surface area (Å²) in [5.41, 5.74) is 1.41. The molecule has 68 valence electrons. The van der Waals surface area contributed by atoms with Crippen molar-refractivity contribution in [3.05, 3.63) is 35.4 Å². The van der Waals surface area contributed by atoms with Crippen LogP contribution >= 0.6 is 0 Å². The van der Waals surface area contributed by atoms with Crippen molar-refractivity contribution in [1.29, 1.82) is 0 Å². The number of hydrogen-bond acceptors (Lipinski definition) is 1. The average molecular weight is 172 g/mol. The normalized spacial score (nSPS) is 7.75. The lowest BCUT2D eigenvalue weighted by atomic mass is 10.2. The summed E-state index contributed by atoms with van der Waals surface area (Å²) in [5, 5.41) is 8.48. The van der Waals surface area contributed by atoms with Crippen molar-refractivity contribution in [1.82, 2.24) is 0 Å². The van der Waals surface area contributed by atoms with Crippen molar-refractivity contribution in [2.24, 2.45) is 0 Å². The van der Waals surface area contributed by atoms with Gasteiger partial charge in [0.05, 0.1) is 5.56 Å². The van der Waals surface area contributed by atoms with Crippen LogP contribution in [0.4, 0.5) is 0 Å². The van der Waals surface area contributed by atoms with E-state index in [0.717, 1.165) is 5.56 Å². The van der Waals surface area contributed by atoms with Gasteiger partial charge in [0.1, 0.15) is 0 Å². The monoisotopic (exact) mass is 172 g/mol. The van der Waals surface area contributed by atoms with E-state index < -0.39 is 5.97 Å². The van der Waals surface area contributed by atoms with E-state index in [-0.39, 0.29) is 11.0 Å². The van der Waals surface area contributed by atoms with Gasteiger partial charge in [-0.2, -0.15) is 0 Å². The highest BCUT2D eigenvalue weighted by molar-refractivity contribution is 5.87. The number of benzene rings is 1. The molecule has 0 saturated carbocycles. The van der Waals surface area contributed by atoms with E-state index in [1.54, 1.807) is 24.3 Å². The molecule has 0 aliphatic carbocycles. The molecule has 4 nitrogen and oxygen atoms in total. The largest absolute Gasteiger partial charge is 0.478 e. The van der Waals surface area contributed by atoms with E-state index in [1.807, 2.05) is 6.92 Å². The first-order valence-corrected chi connectivity index (χ1v) is 3.00. The maximum absolute atomic E-state index is 10.3. The molecule has 1 rings (SSSR count). The topological polar surface area (TPSA) is 100 Å². The van der Waals surface area contributed by atoms with Crippen molar-refractivity contribution in [3.63, 3.8) is 0 Å². The summed E-state index contributed by atoms with van der Waals surface area (Å²) < 4.78 is 0. The van der Waals surface area contributed by atoms with Gasteiger partial charge in [0.25, 0.3) is 0 Å². The second-order valence-corrected chi connectivity index (χ2v) is 2.17. The number of carboxylic acid groups (broad SMARTS) is 1. The van der Waals surface area contributed by atoms with Crippen molar-refractivity contribution < 1.29 is 20.9 Å². The van der Waals surface area contributed by atoms with Gasteiger partial charge in [-0.25, -0.2) is 4.79 Å². The smallest absolute Gasteiger partial charge is 0.335 e. The maximum atomic E-state index is 10.3. The number of carbonyl (C=O) groups is 1. The number of aromatic carboxylic acids is 1. The van der Waals surface area contributed by atoms with Crippen LogP contribution in [0.15, 0.2) is 24.3 Å². The fraction of sp³-hybridized carbons (Fsp3) is 0.125. The third-order valence-corrected chi connectivity index (χ3v) is 1.30. The minimum Gasteiger partial charge on any atom is -0.478 e. The quantitative estimate of drug-likeness (QED) is 0.646. The van der Waals surface area contributed by atoms with Crippen molar-refractivity contribution in [2.75, 3.05) is 0 Å². The molecule has 0 saturated heterocycles. The number of carboxylic acids is 1. The Kier molecular flexibility index (Phi) is 5.82. The Morgan fingerprint density at radius 1 is 1.17 bits per heavy atom. The Labute approximate surface area is 70.1 Å². The molecule has 1 aromatic carbocycles. The highest BCUT2D eigenvalue weighted by Gasteiger charge is 1.98. The summed E-state index contributed by atoms with van der Waals surface area (Å²) in [6.07, 6.45) is 0. The van der Waals surface area contributed by atoms with E-state index in [4.69, 9.17) is 5.11 Å². The van der Waals surface area contributed by atoms with Crippen LogP contribution in [0.2, 0.25) is 0 Å². The molecule has 0 unspecified atom stereocenters. The van der Waals surface area contributed by atoms with Crippen LogP contribution in [0.25, 0.3) is 0 Å². The highest BCUT2D eigenvalue weighted by Crippen LogP contribution is 2.01. The van der Waals surface area contributed by atoms with Gasteiger partial charge in [-0.05, 0) is 19.1 Å². The molecule has 0 radical (unpaired) electrons. The molecule has 0 aliphatic rings. The Bertz CT molecular complexity index is 240. The Morgan fingerprint density at radius 3 is 1.92 bits per heavy atom. The second kappa shape index (κ2) is 5.29. The lowest BCUT2D eigenvalue weighted by Crippen LogP contribution is -1.94. The van der Waals surface area contributed by atoms with E-state index >= 15 is 0 Å². The minimum atomic E-state index is -0.875. The van der Waals surface area contributed by atoms with E-state index in [0.29, 0.717) is 5.56 Å². The molecule has 12 heavy (non-hydrogen) atoms. The minimum absolute atomic E-state index is 0. The van der Waals surface area contributed by atoms with Crippen LogP contribution in [-0.4, -0.2) is 22.0 Å². The zero-order chi connectivity index (χ0) is 7.56. The van der Waals surface area contributed by atoms with Gasteiger partial charge >= 0.3 is 5.97 Å². The molecule has 0 spiro atoms. The van der Waals surface area contributed by atoms with E-state index in [1.165, 1.54) is 0 Å². The Hall–Kier alpha value is -1.39. The van der Waals surface area contributed by atoms with Gasteiger partial charge in [0, 0.05) is 0 Å². The highest BCUT2D eigenvalue weighted by atomic mass is 16.4. The summed E-state index contributed by atoms with van der Waals surface area (Å²) in [7, 11) is 0. The van der Waals surface area contributed by atoms with Crippen molar-refractivity contribution in [2.45, 2.75) is 6.92 Å². The summed E-state index contributed by atoms with van der Waals surface area (Å²) >= 11 is 0. The second-order valence-electron chi connectivity index (χ2n) is 2.17. The molecule has 0 aliphatic heterocycles. The molecule has 1 aromatic rings. The molecule has 4 heteroatoms. The Balaban J connectivity index is 0. The molecule has 0 bridgehead atoms. The van der Waals surface area contributed by atoms with Crippen LogP contribution in [0.5, 0.6) is 0 Å². The van der Waals surface area contributed by atoms with Gasteiger partial charge in [-0.3, -0.25) is 0 Å². The van der Waals surface area contributed by atoms with Crippen LogP contribution in [0.3, 0.4) is 0 Å². The molecule has 0 aromatic heterocycles. The predicted molar refractivity (Wildman–Crippen MR) is 45.4 cm³/mol. The van der Waals surface area contributed by atoms with Crippen molar-refractivity contribution in [3.8, 4) is 0 Å². The Morgan fingerprint density at radius 2 is 1.58 bits per heavy atom. The van der Waals surface area contributed by atoms with Crippen LogP contribution in [-0.2, 0) is 0 Å². The van der Waals surface area contributed by atoms with Gasteiger partial charge < -0.3 is 16.1 Å². The summed E-state index contributed by atoms with van der Waals surface area (Å²) in [4.78, 5) is 10.3. The summed E-state index contributed by atoms with van der Waals surface area (Å²) in [6.45, 7) is 1.92. The third kappa shape index (κ3) is 3.14. The maximum Gasteiger partial charge on any atom is 0.335 e. The predicted octanol–water partition coefficient (Wildman–Crippen LogP) is 0.0438. The zero-order valence-corrected chi connectivity index (χ0v) is 6.66. The standard InChI is InChI=1S/C8H8O2.2H2O/c1-6-2-4-7(5-3-6)8(9)10;;/h2-5H,1H3,(H,9,10);2*1H2. The lowest BCUT2D eigenvalue weighted by molar-refractivity contribution is 0.0697. The zero-order valence-electron chi connectivity index (χ0n) is 6.66. The summed E-state index contributed by atoms with van der Waals surface area (Å²) in [5.74, 6) is -0.875. The SMILES string of the molecule is Cc1ccc(C(=O)O)cc1.O.O. The van der Waals surface area contributed by atoms with Crippen molar-refractivity contribution >= 4 is 5.97 Å². The molecule has 0 heterocycles. The first-order chi connectivity index (χ1) is 4.70. The van der Waals surface area contributed by atoms with Gasteiger partial charge in [0.15, 0.2) is 0 Å². The van der Waals surface area contributed by atoms with Crippen LogP contribution in [0.1, 0.15) is 15.9 Å². The number of hydrogen-bond donors (Lipinski definition) is 1. The fourth-order valence-corrected chi connectivity index (χ4v) is 0.696. The van der Waals surface area contributed by atoms with Crippen LogP contribution in [0, 0.1) is 6.92 Å².